The van der Waals surface area contributed by atoms with E-state index in [9.17, 15) is 17.6 Å². The molecule has 0 radical (unpaired) electrons. The van der Waals surface area contributed by atoms with Crippen LogP contribution in [0.5, 0.6) is 0 Å². The highest BCUT2D eigenvalue weighted by Gasteiger charge is 2.30. The number of carbonyl (C=O) groups excluding carboxylic acids is 1. The summed E-state index contributed by atoms with van der Waals surface area (Å²) in [5.74, 6) is -0.463. The molecular weight excluding hydrogens is 383 g/mol. The van der Waals surface area contributed by atoms with E-state index in [-0.39, 0.29) is 23.9 Å². The number of aryl methyl sites for hydroxylation is 2. The molecule has 1 aromatic heterocycles. The van der Waals surface area contributed by atoms with Gasteiger partial charge in [-0.25, -0.2) is 12.8 Å². The monoisotopic (exact) mass is 408 g/mol. The van der Waals surface area contributed by atoms with Crippen LogP contribution >= 0.6 is 0 Å². The minimum atomic E-state index is -3.67. The Morgan fingerprint density at radius 3 is 2.25 bits per heavy atom. The van der Waals surface area contributed by atoms with Crippen LogP contribution in [-0.2, 0) is 28.3 Å². The van der Waals surface area contributed by atoms with Crippen LogP contribution in [0.4, 0.5) is 4.39 Å². The predicted molar refractivity (Wildman–Crippen MR) is 103 cm³/mol. The molecule has 28 heavy (non-hydrogen) atoms. The van der Waals surface area contributed by atoms with Gasteiger partial charge < -0.3 is 4.90 Å². The van der Waals surface area contributed by atoms with Gasteiger partial charge in [0.25, 0.3) is 0 Å². The molecule has 0 unspecified atom stereocenters. The van der Waals surface area contributed by atoms with E-state index in [1.54, 1.807) is 4.90 Å². The number of halogens is 1. The van der Waals surface area contributed by atoms with E-state index in [1.165, 1.54) is 16.4 Å². The molecule has 1 saturated heterocycles. The first-order valence-electron chi connectivity index (χ1n) is 9.22. The lowest BCUT2D eigenvalue weighted by atomic mass is 10.1. The molecule has 0 aliphatic carbocycles. The Balaban J connectivity index is 1.57. The molecule has 1 aliphatic rings. The van der Waals surface area contributed by atoms with Gasteiger partial charge in [-0.2, -0.15) is 9.40 Å². The van der Waals surface area contributed by atoms with Crippen molar-refractivity contribution < 1.29 is 17.6 Å². The molecule has 7 nitrogen and oxygen atoms in total. The second-order valence-corrected chi connectivity index (χ2v) is 8.95. The smallest absolute Gasteiger partial charge is 0.243 e. The second kappa shape index (κ2) is 8.00. The number of hydrogen-bond acceptors (Lipinski definition) is 4. The van der Waals surface area contributed by atoms with Gasteiger partial charge in [0.2, 0.25) is 15.9 Å². The van der Waals surface area contributed by atoms with Crippen LogP contribution in [0.2, 0.25) is 0 Å². The summed E-state index contributed by atoms with van der Waals surface area (Å²) in [4.78, 5) is 14.3. The van der Waals surface area contributed by atoms with Crippen molar-refractivity contribution in [2.45, 2.75) is 31.6 Å². The van der Waals surface area contributed by atoms with Crippen LogP contribution < -0.4 is 0 Å². The third kappa shape index (κ3) is 4.10. The SMILES string of the molecule is Cc1nn(C)c(C)c1CCC(=O)N1CCN(S(=O)(=O)c2ccc(F)cc2)CC1. The molecule has 1 aromatic carbocycles. The van der Waals surface area contributed by atoms with Crippen molar-refractivity contribution in [2.24, 2.45) is 7.05 Å². The number of nitrogens with zero attached hydrogens (tertiary/aromatic N) is 4. The maximum Gasteiger partial charge on any atom is 0.243 e. The number of sulfonamides is 1. The van der Waals surface area contributed by atoms with Crippen LogP contribution in [0.25, 0.3) is 0 Å². The maximum atomic E-state index is 13.0. The molecule has 0 atom stereocenters. The van der Waals surface area contributed by atoms with Crippen molar-refractivity contribution >= 4 is 15.9 Å². The number of hydrogen-bond donors (Lipinski definition) is 0. The Kier molecular flexibility index (Phi) is 5.85. The van der Waals surface area contributed by atoms with E-state index >= 15 is 0 Å². The first kappa shape index (κ1) is 20.5. The van der Waals surface area contributed by atoms with Crippen molar-refractivity contribution in [1.29, 1.82) is 0 Å². The molecule has 2 heterocycles. The van der Waals surface area contributed by atoms with E-state index in [1.807, 2.05) is 25.6 Å². The fraction of sp³-hybridized carbons (Fsp3) is 0.474. The van der Waals surface area contributed by atoms with E-state index in [0.29, 0.717) is 25.9 Å². The van der Waals surface area contributed by atoms with Gasteiger partial charge in [-0.1, -0.05) is 0 Å². The summed E-state index contributed by atoms with van der Waals surface area (Å²) >= 11 is 0. The first-order chi connectivity index (χ1) is 13.2. The predicted octanol–water partition coefficient (Wildman–Crippen LogP) is 1.64. The molecule has 0 N–H and O–H groups in total. The lowest BCUT2D eigenvalue weighted by Gasteiger charge is -2.34. The number of aromatic nitrogens is 2. The minimum absolute atomic E-state index is 0.0153. The van der Waals surface area contributed by atoms with Crippen LogP contribution in [0.15, 0.2) is 29.2 Å². The van der Waals surface area contributed by atoms with Crippen molar-refractivity contribution in [3.8, 4) is 0 Å². The molecule has 152 valence electrons. The van der Waals surface area contributed by atoms with Gasteiger partial charge in [-0.3, -0.25) is 9.48 Å². The Hall–Kier alpha value is -2.26. The van der Waals surface area contributed by atoms with E-state index < -0.39 is 15.8 Å². The number of benzene rings is 1. The summed E-state index contributed by atoms with van der Waals surface area (Å²) < 4.78 is 41.5. The first-order valence-corrected chi connectivity index (χ1v) is 10.7. The van der Waals surface area contributed by atoms with Gasteiger partial charge in [-0.15, -0.1) is 0 Å². The van der Waals surface area contributed by atoms with E-state index in [0.717, 1.165) is 29.1 Å². The maximum absolute atomic E-state index is 13.0. The summed E-state index contributed by atoms with van der Waals surface area (Å²) in [5, 5.41) is 4.37. The fourth-order valence-corrected chi connectivity index (χ4v) is 4.92. The van der Waals surface area contributed by atoms with Crippen LogP contribution in [0.3, 0.4) is 0 Å². The fourth-order valence-electron chi connectivity index (χ4n) is 3.50. The highest BCUT2D eigenvalue weighted by atomic mass is 32.2. The third-order valence-corrected chi connectivity index (χ3v) is 7.20. The molecule has 2 aromatic rings. The zero-order valence-corrected chi connectivity index (χ0v) is 17.2. The van der Waals surface area contributed by atoms with Crippen LogP contribution in [0.1, 0.15) is 23.4 Å². The molecule has 0 saturated carbocycles. The average Bonchev–Trinajstić information content (AvgIpc) is 2.92. The summed E-state index contributed by atoms with van der Waals surface area (Å²) in [6.07, 6.45) is 0.997. The number of carbonyl (C=O) groups is 1. The molecule has 1 aliphatic heterocycles. The molecule has 1 amide bonds. The molecule has 0 spiro atoms. The topological polar surface area (TPSA) is 75.5 Å². The Morgan fingerprint density at radius 2 is 1.71 bits per heavy atom. The van der Waals surface area contributed by atoms with Gasteiger partial charge in [-0.05, 0) is 50.1 Å². The molecule has 0 bridgehead atoms. The summed E-state index contributed by atoms with van der Waals surface area (Å²) in [6.45, 7) is 5.09. The Labute approximate surface area is 164 Å². The lowest BCUT2D eigenvalue weighted by Crippen LogP contribution is -2.50. The van der Waals surface area contributed by atoms with Crippen molar-refractivity contribution in [3.05, 3.63) is 47.0 Å². The van der Waals surface area contributed by atoms with Gasteiger partial charge in [0.15, 0.2) is 0 Å². The summed E-state index contributed by atoms with van der Waals surface area (Å²) in [6, 6.07) is 4.80. The highest BCUT2D eigenvalue weighted by molar-refractivity contribution is 7.89. The number of piperazine rings is 1. The second-order valence-electron chi connectivity index (χ2n) is 7.01. The number of amides is 1. The van der Waals surface area contributed by atoms with Crippen molar-refractivity contribution in [1.82, 2.24) is 19.0 Å². The third-order valence-electron chi connectivity index (χ3n) is 5.29. The van der Waals surface area contributed by atoms with E-state index in [2.05, 4.69) is 5.10 Å². The number of rotatable bonds is 5. The lowest BCUT2D eigenvalue weighted by molar-refractivity contribution is -0.132. The molecular formula is C19H25FN4O3S. The quantitative estimate of drug-likeness (QED) is 0.754. The van der Waals surface area contributed by atoms with Gasteiger partial charge >= 0.3 is 0 Å². The van der Waals surface area contributed by atoms with Crippen LogP contribution in [0, 0.1) is 19.7 Å². The Morgan fingerprint density at radius 1 is 1.11 bits per heavy atom. The summed E-state index contributed by atoms with van der Waals surface area (Å²) in [7, 11) is -1.79. The minimum Gasteiger partial charge on any atom is -0.340 e. The average molecular weight is 408 g/mol. The molecule has 1 fully saturated rings. The van der Waals surface area contributed by atoms with E-state index in [4.69, 9.17) is 0 Å². The van der Waals surface area contributed by atoms with Gasteiger partial charge in [0.1, 0.15) is 5.82 Å². The summed E-state index contributed by atoms with van der Waals surface area (Å²) in [5.41, 5.74) is 3.08. The van der Waals surface area contributed by atoms with Crippen molar-refractivity contribution in [2.75, 3.05) is 26.2 Å². The standard InChI is InChI=1S/C19H25FN4O3S/c1-14-18(15(2)22(3)21-14)8-9-19(25)23-10-12-24(13-11-23)28(26,27)17-6-4-16(20)5-7-17/h4-7H,8-13H2,1-3H3. The largest absolute Gasteiger partial charge is 0.340 e. The van der Waals surface area contributed by atoms with Gasteiger partial charge in [0, 0.05) is 45.3 Å². The molecule has 3 rings (SSSR count). The highest BCUT2D eigenvalue weighted by Crippen LogP contribution is 2.19. The Bertz CT molecular complexity index is 962. The zero-order valence-electron chi connectivity index (χ0n) is 16.4. The van der Waals surface area contributed by atoms with Crippen LogP contribution in [-0.4, -0.2) is 59.5 Å². The van der Waals surface area contributed by atoms with Gasteiger partial charge in [0.05, 0.1) is 10.6 Å². The molecule has 9 heteroatoms. The normalized spacial score (nSPS) is 15.8. The zero-order chi connectivity index (χ0) is 20.5. The van der Waals surface area contributed by atoms with Crippen molar-refractivity contribution in [3.63, 3.8) is 0 Å².